The summed E-state index contributed by atoms with van der Waals surface area (Å²) < 4.78 is 1.80. The number of aryl methyl sites for hydroxylation is 1. The van der Waals surface area contributed by atoms with Crippen molar-refractivity contribution < 1.29 is 0 Å². The Kier molecular flexibility index (Phi) is 3.31. The second-order valence-electron chi connectivity index (χ2n) is 3.61. The maximum Gasteiger partial charge on any atom is 0.101 e. The lowest BCUT2D eigenvalue weighted by Crippen LogP contribution is -2.05. The Labute approximate surface area is 104 Å². The number of hydrogen-bond donors (Lipinski definition) is 1. The van der Waals surface area contributed by atoms with Crippen LogP contribution in [0.25, 0.3) is 0 Å². The number of hydrogen-bond acceptors (Lipinski definition) is 3. The zero-order valence-electron chi connectivity index (χ0n) is 9.31. The highest BCUT2D eigenvalue weighted by atomic mass is 35.5. The van der Waals surface area contributed by atoms with Crippen molar-refractivity contribution in [2.75, 3.05) is 5.32 Å². The highest BCUT2D eigenvalue weighted by Crippen LogP contribution is 2.20. The standard InChI is InChI=1S/C12H11ClN4/c1-17-11(4-5-16-17)8-15-10-2-3-12(13)9(6-10)7-14/h2-6,15H,8H2,1H3. The molecule has 2 aromatic rings. The van der Waals surface area contributed by atoms with Gasteiger partial charge in [-0.25, -0.2) is 0 Å². The van der Waals surface area contributed by atoms with Crippen LogP contribution in [0.15, 0.2) is 30.5 Å². The van der Waals surface area contributed by atoms with Gasteiger partial charge in [-0.05, 0) is 24.3 Å². The minimum absolute atomic E-state index is 0.471. The monoisotopic (exact) mass is 246 g/mol. The van der Waals surface area contributed by atoms with Crippen LogP contribution < -0.4 is 5.32 Å². The number of benzene rings is 1. The molecule has 0 aliphatic heterocycles. The average molecular weight is 247 g/mol. The maximum absolute atomic E-state index is 8.86. The highest BCUT2D eigenvalue weighted by Gasteiger charge is 2.02. The number of nitrogens with one attached hydrogen (secondary N) is 1. The van der Waals surface area contributed by atoms with Crippen LogP contribution in [0.4, 0.5) is 5.69 Å². The fourth-order valence-electron chi connectivity index (χ4n) is 1.49. The largest absolute Gasteiger partial charge is 0.379 e. The normalized spacial score (nSPS) is 9.94. The molecule has 0 fully saturated rings. The van der Waals surface area contributed by atoms with Crippen molar-refractivity contribution in [3.05, 3.63) is 46.7 Å². The van der Waals surface area contributed by atoms with Crippen molar-refractivity contribution in [2.24, 2.45) is 7.05 Å². The number of anilines is 1. The molecule has 0 amide bonds. The molecular formula is C12H11ClN4. The van der Waals surface area contributed by atoms with E-state index in [0.29, 0.717) is 17.1 Å². The summed E-state index contributed by atoms with van der Waals surface area (Å²) in [5.74, 6) is 0. The first-order valence-electron chi connectivity index (χ1n) is 5.11. The minimum atomic E-state index is 0.471. The van der Waals surface area contributed by atoms with Gasteiger partial charge in [0, 0.05) is 18.9 Å². The van der Waals surface area contributed by atoms with E-state index >= 15 is 0 Å². The Morgan fingerprint density at radius 3 is 2.94 bits per heavy atom. The van der Waals surface area contributed by atoms with E-state index in [4.69, 9.17) is 16.9 Å². The molecule has 0 saturated heterocycles. The summed E-state index contributed by atoms with van der Waals surface area (Å²) in [6.07, 6.45) is 1.75. The summed E-state index contributed by atoms with van der Waals surface area (Å²) in [5, 5.41) is 16.6. The fraction of sp³-hybridized carbons (Fsp3) is 0.167. The number of rotatable bonds is 3. The van der Waals surface area contributed by atoms with Crippen LogP contribution in [0.5, 0.6) is 0 Å². The lowest BCUT2D eigenvalue weighted by Gasteiger charge is -2.07. The van der Waals surface area contributed by atoms with E-state index in [-0.39, 0.29) is 0 Å². The van der Waals surface area contributed by atoms with E-state index in [2.05, 4.69) is 16.5 Å². The molecule has 86 valence electrons. The predicted octanol–water partition coefficient (Wildman–Crippen LogP) is 2.56. The smallest absolute Gasteiger partial charge is 0.101 e. The van der Waals surface area contributed by atoms with Crippen LogP contribution in [-0.2, 0) is 13.6 Å². The first-order chi connectivity index (χ1) is 8.20. The Bertz CT molecular complexity index is 568. The van der Waals surface area contributed by atoms with E-state index in [1.165, 1.54) is 0 Å². The van der Waals surface area contributed by atoms with Crippen LogP contribution in [-0.4, -0.2) is 9.78 Å². The molecule has 0 spiro atoms. The van der Waals surface area contributed by atoms with E-state index in [9.17, 15) is 0 Å². The van der Waals surface area contributed by atoms with Gasteiger partial charge in [-0.1, -0.05) is 11.6 Å². The summed E-state index contributed by atoms with van der Waals surface area (Å²) in [6, 6.07) is 9.28. The van der Waals surface area contributed by atoms with Crippen molar-refractivity contribution in [2.45, 2.75) is 6.54 Å². The molecule has 1 N–H and O–H groups in total. The Morgan fingerprint density at radius 1 is 1.47 bits per heavy atom. The second kappa shape index (κ2) is 4.89. The molecule has 0 aliphatic carbocycles. The van der Waals surface area contributed by atoms with Gasteiger partial charge in [-0.3, -0.25) is 4.68 Å². The molecule has 0 atom stereocenters. The molecule has 1 aromatic carbocycles. The molecule has 2 rings (SSSR count). The quantitative estimate of drug-likeness (QED) is 0.906. The van der Waals surface area contributed by atoms with Gasteiger partial charge in [0.25, 0.3) is 0 Å². The van der Waals surface area contributed by atoms with Crippen LogP contribution >= 0.6 is 11.6 Å². The van der Waals surface area contributed by atoms with Gasteiger partial charge in [-0.2, -0.15) is 10.4 Å². The molecule has 0 saturated carbocycles. The lowest BCUT2D eigenvalue weighted by atomic mass is 10.2. The van der Waals surface area contributed by atoms with E-state index in [0.717, 1.165) is 11.4 Å². The molecule has 0 radical (unpaired) electrons. The van der Waals surface area contributed by atoms with E-state index in [1.54, 1.807) is 23.0 Å². The Balaban J connectivity index is 2.10. The summed E-state index contributed by atoms with van der Waals surface area (Å²) in [6.45, 7) is 0.656. The Hall–Kier alpha value is -1.99. The molecule has 1 aromatic heterocycles. The van der Waals surface area contributed by atoms with Gasteiger partial charge in [0.05, 0.1) is 22.8 Å². The molecule has 0 aliphatic rings. The third kappa shape index (κ3) is 2.58. The number of halogens is 1. The number of aromatic nitrogens is 2. The van der Waals surface area contributed by atoms with Crippen molar-refractivity contribution >= 4 is 17.3 Å². The summed E-state index contributed by atoms with van der Waals surface area (Å²) in [7, 11) is 1.89. The maximum atomic E-state index is 8.86. The van der Waals surface area contributed by atoms with Crippen molar-refractivity contribution in [3.63, 3.8) is 0 Å². The van der Waals surface area contributed by atoms with Gasteiger partial charge in [0.2, 0.25) is 0 Å². The predicted molar refractivity (Wildman–Crippen MR) is 66.7 cm³/mol. The molecule has 4 nitrogen and oxygen atoms in total. The van der Waals surface area contributed by atoms with Crippen molar-refractivity contribution in [1.82, 2.24) is 9.78 Å². The summed E-state index contributed by atoms with van der Waals surface area (Å²) in [5.41, 5.74) is 2.41. The number of nitriles is 1. The third-order valence-electron chi connectivity index (χ3n) is 2.48. The Morgan fingerprint density at radius 2 is 2.29 bits per heavy atom. The molecule has 0 bridgehead atoms. The van der Waals surface area contributed by atoms with Crippen LogP contribution in [0.2, 0.25) is 5.02 Å². The van der Waals surface area contributed by atoms with E-state index < -0.39 is 0 Å². The highest BCUT2D eigenvalue weighted by molar-refractivity contribution is 6.31. The van der Waals surface area contributed by atoms with E-state index in [1.807, 2.05) is 19.2 Å². The molecule has 0 unspecified atom stereocenters. The van der Waals surface area contributed by atoms with Gasteiger partial charge in [0.15, 0.2) is 0 Å². The zero-order chi connectivity index (χ0) is 12.3. The lowest BCUT2D eigenvalue weighted by molar-refractivity contribution is 0.720. The molecular weight excluding hydrogens is 236 g/mol. The van der Waals surface area contributed by atoms with Crippen LogP contribution in [0.3, 0.4) is 0 Å². The van der Waals surface area contributed by atoms with Crippen molar-refractivity contribution in [3.8, 4) is 6.07 Å². The molecule has 5 heteroatoms. The summed E-state index contributed by atoms with van der Waals surface area (Å²) in [4.78, 5) is 0. The first kappa shape index (κ1) is 11.5. The third-order valence-corrected chi connectivity index (χ3v) is 2.81. The SMILES string of the molecule is Cn1nccc1CNc1ccc(Cl)c(C#N)c1. The van der Waals surface area contributed by atoms with Gasteiger partial charge in [-0.15, -0.1) is 0 Å². The van der Waals surface area contributed by atoms with Crippen LogP contribution in [0.1, 0.15) is 11.3 Å². The fourth-order valence-corrected chi connectivity index (χ4v) is 1.65. The first-order valence-corrected chi connectivity index (χ1v) is 5.49. The molecule has 17 heavy (non-hydrogen) atoms. The van der Waals surface area contributed by atoms with Crippen molar-refractivity contribution in [1.29, 1.82) is 5.26 Å². The minimum Gasteiger partial charge on any atom is -0.379 e. The zero-order valence-corrected chi connectivity index (χ0v) is 10.1. The van der Waals surface area contributed by atoms with Gasteiger partial charge < -0.3 is 5.32 Å². The second-order valence-corrected chi connectivity index (χ2v) is 4.01. The summed E-state index contributed by atoms with van der Waals surface area (Å²) >= 11 is 5.86. The van der Waals surface area contributed by atoms with Crippen LogP contribution in [0, 0.1) is 11.3 Å². The van der Waals surface area contributed by atoms with Gasteiger partial charge in [0.1, 0.15) is 6.07 Å². The topological polar surface area (TPSA) is 53.6 Å². The average Bonchev–Trinajstić information content (AvgIpc) is 2.74. The number of nitrogens with zero attached hydrogens (tertiary/aromatic N) is 3. The van der Waals surface area contributed by atoms with Gasteiger partial charge >= 0.3 is 0 Å². The molecule has 1 heterocycles.